The van der Waals surface area contributed by atoms with Gasteiger partial charge in [0.1, 0.15) is 10.2 Å². The van der Waals surface area contributed by atoms with E-state index in [2.05, 4.69) is 15.9 Å². The van der Waals surface area contributed by atoms with Crippen LogP contribution in [0.1, 0.15) is 5.56 Å². The van der Waals surface area contributed by atoms with Crippen LogP contribution in [0.25, 0.3) is 0 Å². The fourth-order valence-corrected chi connectivity index (χ4v) is 1.85. The molecule has 6 nitrogen and oxygen atoms in total. The van der Waals surface area contributed by atoms with Gasteiger partial charge < -0.3 is 9.84 Å². The molecule has 0 aliphatic carbocycles. The molecule has 0 saturated heterocycles. The number of benzene rings is 1. The molecule has 0 aromatic heterocycles. The van der Waals surface area contributed by atoms with Crippen molar-refractivity contribution in [2.24, 2.45) is 0 Å². The van der Waals surface area contributed by atoms with Crippen LogP contribution in [0.3, 0.4) is 0 Å². The zero-order valence-electron chi connectivity index (χ0n) is 8.27. The summed E-state index contributed by atoms with van der Waals surface area (Å²) in [7, 11) is 1.37. The number of nitro benzene ring substituents is 1. The van der Waals surface area contributed by atoms with Gasteiger partial charge in [-0.1, -0.05) is 0 Å². The summed E-state index contributed by atoms with van der Waals surface area (Å²) in [4.78, 5) is 20.7. The van der Waals surface area contributed by atoms with Crippen molar-refractivity contribution in [2.45, 2.75) is 6.42 Å². The van der Waals surface area contributed by atoms with Gasteiger partial charge in [0, 0.05) is 11.6 Å². The summed E-state index contributed by atoms with van der Waals surface area (Å²) in [6, 6.07) is 2.63. The third-order valence-corrected chi connectivity index (χ3v) is 2.81. The van der Waals surface area contributed by atoms with E-state index >= 15 is 0 Å². The third kappa shape index (κ3) is 2.48. The topological polar surface area (TPSA) is 89.7 Å². The van der Waals surface area contributed by atoms with E-state index in [-0.39, 0.29) is 22.1 Å². The summed E-state index contributed by atoms with van der Waals surface area (Å²) in [6.45, 7) is 0. The first-order valence-electron chi connectivity index (χ1n) is 4.19. The van der Waals surface area contributed by atoms with E-state index in [1.807, 2.05) is 0 Å². The predicted molar refractivity (Wildman–Crippen MR) is 58.7 cm³/mol. The van der Waals surface area contributed by atoms with Crippen LogP contribution in [0.5, 0.6) is 5.75 Å². The fraction of sp³-hybridized carbons (Fsp3) is 0.222. The fourth-order valence-electron chi connectivity index (χ4n) is 1.24. The van der Waals surface area contributed by atoms with Gasteiger partial charge in [-0.2, -0.15) is 0 Å². The van der Waals surface area contributed by atoms with Crippen LogP contribution in [0.4, 0.5) is 5.69 Å². The van der Waals surface area contributed by atoms with Crippen molar-refractivity contribution in [2.75, 3.05) is 7.11 Å². The number of rotatable bonds is 4. The van der Waals surface area contributed by atoms with Crippen LogP contribution in [-0.4, -0.2) is 23.1 Å². The highest BCUT2D eigenvalue weighted by atomic mass is 79.9. The second-order valence-corrected chi connectivity index (χ2v) is 3.70. The summed E-state index contributed by atoms with van der Waals surface area (Å²) >= 11 is 3.02. The van der Waals surface area contributed by atoms with Gasteiger partial charge >= 0.3 is 5.97 Å². The predicted octanol–water partition coefficient (Wildman–Crippen LogP) is 1.99. The van der Waals surface area contributed by atoms with Crippen LogP contribution in [-0.2, 0) is 11.2 Å². The summed E-state index contributed by atoms with van der Waals surface area (Å²) in [5, 5.41) is 19.3. The Balaban J connectivity index is 3.34. The standard InChI is InChI=1S/C9H8BrNO5/c1-16-7-3-2-6(11(14)15)9(10)5(7)4-8(12)13/h2-3H,4H2,1H3,(H,12,13). The van der Waals surface area contributed by atoms with Crippen molar-refractivity contribution in [3.63, 3.8) is 0 Å². The minimum atomic E-state index is -1.08. The summed E-state index contributed by atoms with van der Waals surface area (Å²) in [6.07, 6.45) is -0.342. The number of aliphatic carboxylic acids is 1. The monoisotopic (exact) mass is 289 g/mol. The second-order valence-electron chi connectivity index (χ2n) is 2.91. The molecule has 0 saturated carbocycles. The number of ether oxygens (including phenoxy) is 1. The molecule has 0 amide bonds. The van der Waals surface area contributed by atoms with Crippen LogP contribution in [0.15, 0.2) is 16.6 Å². The van der Waals surface area contributed by atoms with Gasteiger partial charge in [-0.3, -0.25) is 14.9 Å². The molecule has 1 aromatic rings. The van der Waals surface area contributed by atoms with Crippen LogP contribution < -0.4 is 4.74 Å². The van der Waals surface area contributed by atoms with Crippen LogP contribution in [0, 0.1) is 10.1 Å². The average molecular weight is 290 g/mol. The van der Waals surface area contributed by atoms with E-state index in [1.165, 1.54) is 19.2 Å². The SMILES string of the molecule is COc1ccc([N+](=O)[O-])c(Br)c1CC(=O)O. The van der Waals surface area contributed by atoms with Gasteiger partial charge in [0.2, 0.25) is 0 Å². The Labute approximate surface area is 99.1 Å². The Morgan fingerprint density at radius 3 is 2.69 bits per heavy atom. The van der Waals surface area contributed by atoms with Crippen molar-refractivity contribution in [3.8, 4) is 5.75 Å². The molecule has 86 valence electrons. The first kappa shape index (κ1) is 12.4. The molecule has 1 rings (SSSR count). The number of nitrogens with zero attached hydrogens (tertiary/aromatic N) is 1. The first-order chi connectivity index (χ1) is 7.47. The molecule has 1 N–H and O–H groups in total. The number of methoxy groups -OCH3 is 1. The lowest BCUT2D eigenvalue weighted by Crippen LogP contribution is -2.04. The number of hydrogen-bond acceptors (Lipinski definition) is 4. The molecule has 1 aromatic carbocycles. The van der Waals surface area contributed by atoms with Gasteiger partial charge in [-0.25, -0.2) is 0 Å². The highest BCUT2D eigenvalue weighted by molar-refractivity contribution is 9.10. The lowest BCUT2D eigenvalue weighted by molar-refractivity contribution is -0.385. The molecule has 0 bridgehead atoms. The maximum absolute atomic E-state index is 10.6. The molecule has 0 spiro atoms. The maximum Gasteiger partial charge on any atom is 0.308 e. The number of halogens is 1. The molecule has 0 heterocycles. The van der Waals surface area contributed by atoms with Gasteiger partial charge in [0.15, 0.2) is 0 Å². The average Bonchev–Trinajstić information content (AvgIpc) is 2.19. The lowest BCUT2D eigenvalue weighted by atomic mass is 10.1. The Morgan fingerprint density at radius 1 is 1.62 bits per heavy atom. The highest BCUT2D eigenvalue weighted by Gasteiger charge is 2.20. The van der Waals surface area contributed by atoms with Gasteiger partial charge in [-0.05, 0) is 22.0 Å². The highest BCUT2D eigenvalue weighted by Crippen LogP contribution is 2.35. The molecule has 7 heteroatoms. The zero-order chi connectivity index (χ0) is 12.3. The van der Waals surface area contributed by atoms with Gasteiger partial charge in [0.25, 0.3) is 5.69 Å². The van der Waals surface area contributed by atoms with E-state index in [4.69, 9.17) is 9.84 Å². The molecule has 0 aliphatic rings. The number of carboxylic acids is 1. The number of carboxylic acid groups (broad SMARTS) is 1. The molecule has 0 unspecified atom stereocenters. The van der Waals surface area contributed by atoms with E-state index in [9.17, 15) is 14.9 Å². The second kappa shape index (κ2) is 4.93. The summed E-state index contributed by atoms with van der Waals surface area (Å²) in [5.74, 6) is -0.778. The summed E-state index contributed by atoms with van der Waals surface area (Å²) in [5.41, 5.74) is 0.0706. The number of carbonyl (C=O) groups is 1. The lowest BCUT2D eigenvalue weighted by Gasteiger charge is -2.08. The molecule has 0 aliphatic heterocycles. The largest absolute Gasteiger partial charge is 0.496 e. The minimum Gasteiger partial charge on any atom is -0.496 e. The van der Waals surface area contributed by atoms with Crippen LogP contribution >= 0.6 is 15.9 Å². The quantitative estimate of drug-likeness (QED) is 0.676. The normalized spacial score (nSPS) is 9.88. The van der Waals surface area contributed by atoms with Crippen molar-refractivity contribution in [1.29, 1.82) is 0 Å². The third-order valence-electron chi connectivity index (χ3n) is 1.92. The van der Waals surface area contributed by atoms with Crippen molar-refractivity contribution >= 4 is 27.6 Å². The van der Waals surface area contributed by atoms with E-state index in [0.717, 1.165) is 0 Å². The maximum atomic E-state index is 10.6. The smallest absolute Gasteiger partial charge is 0.308 e. The Morgan fingerprint density at radius 2 is 2.25 bits per heavy atom. The molecule has 0 fully saturated rings. The van der Waals surface area contributed by atoms with E-state index < -0.39 is 10.9 Å². The number of hydrogen-bond donors (Lipinski definition) is 1. The van der Waals surface area contributed by atoms with Gasteiger partial charge in [0.05, 0.1) is 18.5 Å². The summed E-state index contributed by atoms with van der Waals surface area (Å²) < 4.78 is 5.08. The first-order valence-corrected chi connectivity index (χ1v) is 4.98. The molecule has 16 heavy (non-hydrogen) atoms. The Bertz CT molecular complexity index is 446. The minimum absolute atomic E-state index is 0.138. The van der Waals surface area contributed by atoms with Crippen LogP contribution in [0.2, 0.25) is 0 Å². The molecular formula is C9H8BrNO5. The van der Waals surface area contributed by atoms with Gasteiger partial charge in [-0.15, -0.1) is 0 Å². The Hall–Kier alpha value is -1.63. The molecule has 0 atom stereocenters. The van der Waals surface area contributed by atoms with E-state index in [1.54, 1.807) is 0 Å². The Kier molecular flexibility index (Phi) is 3.83. The van der Waals surface area contributed by atoms with Crippen molar-refractivity contribution in [3.05, 3.63) is 32.3 Å². The van der Waals surface area contributed by atoms with E-state index in [0.29, 0.717) is 5.75 Å². The van der Waals surface area contributed by atoms with Crippen molar-refractivity contribution < 1.29 is 19.6 Å². The number of nitro groups is 1. The molecular weight excluding hydrogens is 282 g/mol. The molecule has 0 radical (unpaired) electrons. The van der Waals surface area contributed by atoms with Crippen molar-refractivity contribution in [1.82, 2.24) is 0 Å². The zero-order valence-corrected chi connectivity index (χ0v) is 9.85.